The summed E-state index contributed by atoms with van der Waals surface area (Å²) < 4.78 is 82.1. The SMILES string of the molecule is Cc1ccc(Nc2nc(OC(C(F)(F)F)C(F)(F)F)nc(-n3ccnc3)n2)cc1. The number of nitrogens with one attached hydrogen (secondary N) is 1. The maximum atomic E-state index is 12.8. The standard InChI is InChI=1S/C16H12F6N6O/c1-9-2-4-10(5-3-9)24-12-25-13(28-7-6-23-8-28)27-14(26-12)29-11(15(17,18)19)16(20,21)22/h2-8,11H,1H3,(H,24,25,26,27). The van der Waals surface area contributed by atoms with Crippen molar-refractivity contribution < 1.29 is 31.1 Å². The normalized spacial score (nSPS) is 12.3. The number of hydrogen-bond donors (Lipinski definition) is 1. The molecule has 0 fully saturated rings. The van der Waals surface area contributed by atoms with Crippen molar-refractivity contribution in [2.45, 2.75) is 25.4 Å². The number of anilines is 2. The van der Waals surface area contributed by atoms with Gasteiger partial charge in [-0.05, 0) is 19.1 Å². The van der Waals surface area contributed by atoms with Gasteiger partial charge >= 0.3 is 18.4 Å². The Bertz CT molecular complexity index is 942. The molecule has 1 aromatic carbocycles. The van der Waals surface area contributed by atoms with Crippen molar-refractivity contribution in [3.8, 4) is 12.0 Å². The highest BCUT2D eigenvalue weighted by molar-refractivity contribution is 5.54. The van der Waals surface area contributed by atoms with Gasteiger partial charge in [0.1, 0.15) is 6.33 Å². The van der Waals surface area contributed by atoms with Crippen LogP contribution in [0.4, 0.5) is 38.0 Å². The van der Waals surface area contributed by atoms with Crippen molar-refractivity contribution in [2.75, 3.05) is 5.32 Å². The first-order chi connectivity index (χ1) is 13.5. The third-order valence-electron chi connectivity index (χ3n) is 3.46. The topological polar surface area (TPSA) is 77.8 Å². The molecule has 7 nitrogen and oxygen atoms in total. The van der Waals surface area contributed by atoms with Gasteiger partial charge in [-0.15, -0.1) is 0 Å². The lowest BCUT2D eigenvalue weighted by molar-refractivity contribution is -0.301. The minimum atomic E-state index is -5.72. The Hall–Kier alpha value is -3.38. The molecule has 0 spiro atoms. The first-order valence-electron chi connectivity index (χ1n) is 7.90. The number of benzene rings is 1. The van der Waals surface area contributed by atoms with Crippen molar-refractivity contribution >= 4 is 11.6 Å². The van der Waals surface area contributed by atoms with E-state index >= 15 is 0 Å². The summed E-state index contributed by atoms with van der Waals surface area (Å²) in [6.07, 6.45) is -11.7. The van der Waals surface area contributed by atoms with Gasteiger partial charge in [0.05, 0.1) is 0 Å². The van der Waals surface area contributed by atoms with Crippen LogP contribution in [0.1, 0.15) is 5.56 Å². The summed E-state index contributed by atoms with van der Waals surface area (Å²) in [5.74, 6) is -0.601. The molecule has 0 unspecified atom stereocenters. The van der Waals surface area contributed by atoms with Crippen LogP contribution in [0.25, 0.3) is 5.95 Å². The number of rotatable bonds is 5. The summed E-state index contributed by atoms with van der Waals surface area (Å²) in [5.41, 5.74) is 1.39. The minimum absolute atomic E-state index is 0.287. The molecule has 0 radical (unpaired) electrons. The summed E-state index contributed by atoms with van der Waals surface area (Å²) in [5, 5.41) is 2.69. The third-order valence-corrected chi connectivity index (χ3v) is 3.46. The minimum Gasteiger partial charge on any atom is -0.440 e. The Morgan fingerprint density at radius 2 is 1.62 bits per heavy atom. The summed E-state index contributed by atoms with van der Waals surface area (Å²) in [6.45, 7) is 1.84. The summed E-state index contributed by atoms with van der Waals surface area (Å²) in [6, 6.07) is 5.58. The van der Waals surface area contributed by atoms with Crippen molar-refractivity contribution in [3.63, 3.8) is 0 Å². The van der Waals surface area contributed by atoms with Crippen molar-refractivity contribution in [1.29, 1.82) is 0 Å². The van der Waals surface area contributed by atoms with Crippen LogP contribution in [-0.2, 0) is 0 Å². The Balaban J connectivity index is 1.99. The number of ether oxygens (including phenoxy) is 1. The predicted molar refractivity (Wildman–Crippen MR) is 87.9 cm³/mol. The zero-order chi connectivity index (χ0) is 21.2. The first kappa shape index (κ1) is 20.4. The number of nitrogens with zero attached hydrogens (tertiary/aromatic N) is 5. The first-order valence-corrected chi connectivity index (χ1v) is 7.90. The zero-order valence-corrected chi connectivity index (χ0v) is 14.5. The highest BCUT2D eigenvalue weighted by Crippen LogP contribution is 2.36. The second-order valence-electron chi connectivity index (χ2n) is 5.78. The third kappa shape index (κ3) is 5.12. The monoisotopic (exact) mass is 418 g/mol. The van der Waals surface area contributed by atoms with Gasteiger partial charge < -0.3 is 10.1 Å². The van der Waals surface area contributed by atoms with E-state index in [1.807, 2.05) is 6.92 Å². The molecule has 13 heteroatoms. The quantitative estimate of drug-likeness (QED) is 0.632. The van der Waals surface area contributed by atoms with E-state index in [-0.39, 0.29) is 11.9 Å². The van der Waals surface area contributed by atoms with Gasteiger partial charge in [0.25, 0.3) is 6.10 Å². The highest BCUT2D eigenvalue weighted by atomic mass is 19.4. The predicted octanol–water partition coefficient (Wildman–Crippen LogP) is 3.98. The number of aryl methyl sites for hydroxylation is 1. The van der Waals surface area contributed by atoms with Gasteiger partial charge in [0.2, 0.25) is 11.9 Å². The van der Waals surface area contributed by atoms with E-state index in [0.717, 1.165) is 5.56 Å². The molecule has 0 saturated carbocycles. The number of halogens is 6. The van der Waals surface area contributed by atoms with Crippen LogP contribution in [-0.4, -0.2) is 43.0 Å². The van der Waals surface area contributed by atoms with Crippen LogP contribution in [0.3, 0.4) is 0 Å². The van der Waals surface area contributed by atoms with E-state index in [2.05, 4.69) is 30.0 Å². The average Bonchev–Trinajstić information content (AvgIpc) is 3.14. The molecule has 1 N–H and O–H groups in total. The van der Waals surface area contributed by atoms with Crippen molar-refractivity contribution in [1.82, 2.24) is 24.5 Å². The molecule has 0 atom stereocenters. The smallest absolute Gasteiger partial charge is 0.434 e. The molecule has 2 aromatic heterocycles. The van der Waals surface area contributed by atoms with E-state index in [1.165, 1.54) is 23.3 Å². The van der Waals surface area contributed by atoms with Crippen LogP contribution in [0.15, 0.2) is 43.0 Å². The van der Waals surface area contributed by atoms with E-state index in [0.29, 0.717) is 5.69 Å². The Morgan fingerprint density at radius 1 is 0.966 bits per heavy atom. The lowest BCUT2D eigenvalue weighted by Crippen LogP contribution is -2.47. The van der Waals surface area contributed by atoms with Gasteiger partial charge in [-0.1, -0.05) is 17.7 Å². The molecule has 29 heavy (non-hydrogen) atoms. The number of alkyl halides is 6. The molecule has 3 aromatic rings. The Labute approximate surface area is 159 Å². The van der Waals surface area contributed by atoms with E-state index in [4.69, 9.17) is 0 Å². The number of imidazole rings is 1. The molecular weight excluding hydrogens is 406 g/mol. The highest BCUT2D eigenvalue weighted by Gasteiger charge is 2.59. The number of aromatic nitrogens is 5. The molecule has 2 heterocycles. The van der Waals surface area contributed by atoms with Crippen LogP contribution in [0, 0.1) is 6.92 Å². The van der Waals surface area contributed by atoms with Gasteiger partial charge in [0.15, 0.2) is 0 Å². The molecule has 0 aliphatic carbocycles. The molecule has 0 bridgehead atoms. The molecule has 0 amide bonds. The molecule has 0 aliphatic heterocycles. The average molecular weight is 418 g/mol. The van der Waals surface area contributed by atoms with Crippen LogP contribution < -0.4 is 10.1 Å². The van der Waals surface area contributed by atoms with Crippen LogP contribution >= 0.6 is 0 Å². The van der Waals surface area contributed by atoms with Crippen molar-refractivity contribution in [3.05, 3.63) is 48.5 Å². The molecule has 0 aliphatic rings. The Kier molecular flexibility index (Phi) is 5.31. The molecule has 3 rings (SSSR count). The van der Waals surface area contributed by atoms with E-state index < -0.39 is 24.5 Å². The van der Waals surface area contributed by atoms with Gasteiger partial charge in [-0.25, -0.2) is 4.98 Å². The van der Waals surface area contributed by atoms with E-state index in [1.54, 1.807) is 24.3 Å². The second kappa shape index (κ2) is 7.56. The van der Waals surface area contributed by atoms with Gasteiger partial charge in [-0.3, -0.25) is 4.57 Å². The Morgan fingerprint density at radius 3 is 2.17 bits per heavy atom. The molecule has 0 saturated heterocycles. The van der Waals surface area contributed by atoms with Gasteiger partial charge in [-0.2, -0.15) is 41.3 Å². The maximum Gasteiger partial charge on any atom is 0.434 e. The van der Waals surface area contributed by atoms with Crippen LogP contribution in [0.2, 0.25) is 0 Å². The zero-order valence-electron chi connectivity index (χ0n) is 14.5. The molecular formula is C16H12F6N6O. The summed E-state index contributed by atoms with van der Waals surface area (Å²) in [7, 11) is 0. The van der Waals surface area contributed by atoms with Gasteiger partial charge in [0, 0.05) is 18.1 Å². The summed E-state index contributed by atoms with van der Waals surface area (Å²) in [4.78, 5) is 14.8. The second-order valence-corrected chi connectivity index (χ2v) is 5.78. The maximum absolute atomic E-state index is 12.8. The van der Waals surface area contributed by atoms with E-state index in [9.17, 15) is 26.3 Å². The largest absolute Gasteiger partial charge is 0.440 e. The molecule has 154 valence electrons. The fourth-order valence-corrected chi connectivity index (χ4v) is 2.14. The lowest BCUT2D eigenvalue weighted by atomic mass is 10.2. The van der Waals surface area contributed by atoms with Crippen molar-refractivity contribution in [2.24, 2.45) is 0 Å². The lowest BCUT2D eigenvalue weighted by Gasteiger charge is -2.23. The van der Waals surface area contributed by atoms with Crippen LogP contribution in [0.5, 0.6) is 6.01 Å². The fraction of sp³-hybridized carbons (Fsp3) is 0.250. The fourth-order valence-electron chi connectivity index (χ4n) is 2.14. The summed E-state index contributed by atoms with van der Waals surface area (Å²) >= 11 is 0. The number of hydrogen-bond acceptors (Lipinski definition) is 6.